The fraction of sp³-hybridized carbons (Fsp3) is 0.526. The molecule has 0 radical (unpaired) electrons. The molecule has 2 aromatic carbocycles. The Bertz CT molecular complexity index is 1440. The lowest BCUT2D eigenvalue weighted by molar-refractivity contribution is -0.139. The average Bonchev–Trinajstić information content (AvgIpc) is 3.53. The molecule has 2 aromatic rings. The lowest BCUT2D eigenvalue weighted by Gasteiger charge is -2.35. The van der Waals surface area contributed by atoms with Crippen LogP contribution in [0.25, 0.3) is 0 Å². The number of rotatable bonds is 8. The van der Waals surface area contributed by atoms with Crippen molar-refractivity contribution in [2.45, 2.75) is 52.6 Å². The molecule has 13 nitrogen and oxygen atoms in total. The first-order valence-electron chi connectivity index (χ1n) is 17.9. The highest BCUT2D eigenvalue weighted by Gasteiger charge is 2.47. The summed E-state index contributed by atoms with van der Waals surface area (Å²) in [4.78, 5) is 87.5. The third-order valence-corrected chi connectivity index (χ3v) is 10.1. The summed E-state index contributed by atoms with van der Waals surface area (Å²) in [5.74, 6) is -3.32. The minimum absolute atomic E-state index is 0.118. The fourth-order valence-corrected chi connectivity index (χ4v) is 6.75. The number of hydrogen-bond acceptors (Lipinski definition) is 9. The molecule has 3 heterocycles. The molecule has 1 saturated heterocycles. The maximum Gasteiger partial charge on any atom is 0.262 e. The molecule has 51 heavy (non-hydrogen) atoms. The van der Waals surface area contributed by atoms with Gasteiger partial charge < -0.3 is 24.0 Å². The molecule has 4 unspecified atom stereocenters. The van der Waals surface area contributed by atoms with Gasteiger partial charge in [-0.3, -0.25) is 38.6 Å². The Labute approximate surface area is 298 Å². The van der Waals surface area contributed by atoms with Gasteiger partial charge in [0.2, 0.25) is 11.8 Å². The van der Waals surface area contributed by atoms with Crippen molar-refractivity contribution in [3.63, 3.8) is 0 Å². The van der Waals surface area contributed by atoms with Crippen molar-refractivity contribution in [1.29, 1.82) is 0 Å². The maximum absolute atomic E-state index is 14.2. The third kappa shape index (κ3) is 7.90. The van der Waals surface area contributed by atoms with Gasteiger partial charge in [0, 0.05) is 26.2 Å². The predicted octanol–water partition coefficient (Wildman–Crippen LogP) is 3.13. The summed E-state index contributed by atoms with van der Waals surface area (Å²) in [7, 11) is 0. The van der Waals surface area contributed by atoms with E-state index in [0.29, 0.717) is 12.8 Å². The summed E-state index contributed by atoms with van der Waals surface area (Å²) in [6.45, 7) is 9.38. The lowest BCUT2D eigenvalue weighted by atomic mass is 9.96. The lowest BCUT2D eigenvalue weighted by Crippen LogP contribution is -2.55. The van der Waals surface area contributed by atoms with Crippen LogP contribution in [-0.2, 0) is 23.8 Å². The van der Waals surface area contributed by atoms with E-state index >= 15 is 0 Å². The first kappa shape index (κ1) is 37.8. The average molecular weight is 705 g/mol. The van der Waals surface area contributed by atoms with Crippen LogP contribution in [0.5, 0.6) is 0 Å². The number of carbonyl (C=O) groups excluding carboxylic acids is 6. The van der Waals surface area contributed by atoms with Crippen LogP contribution in [0.1, 0.15) is 82.0 Å². The Morgan fingerprint density at radius 1 is 0.529 bits per heavy atom. The second-order valence-corrected chi connectivity index (χ2v) is 13.2. The van der Waals surface area contributed by atoms with Gasteiger partial charge in [0.1, 0.15) is 12.1 Å². The molecule has 0 aromatic heterocycles. The minimum atomic E-state index is -1.01. The molecule has 0 saturated carbocycles. The zero-order valence-corrected chi connectivity index (χ0v) is 29.9. The molecule has 0 N–H and O–H groups in total. The van der Waals surface area contributed by atoms with E-state index in [9.17, 15) is 28.8 Å². The molecule has 1 fully saturated rings. The molecule has 3 aliphatic rings. The number of hydrogen-bond donors (Lipinski definition) is 0. The monoisotopic (exact) mass is 704 g/mol. The number of nitrogens with zero attached hydrogens (tertiary/aromatic N) is 4. The molecule has 0 spiro atoms. The highest BCUT2D eigenvalue weighted by molar-refractivity contribution is 6.23. The summed E-state index contributed by atoms with van der Waals surface area (Å²) in [6, 6.07) is 11.1. The van der Waals surface area contributed by atoms with Crippen LogP contribution in [0.4, 0.5) is 0 Å². The highest BCUT2D eigenvalue weighted by Crippen LogP contribution is 2.31. The summed E-state index contributed by atoms with van der Waals surface area (Å²) >= 11 is 0. The van der Waals surface area contributed by atoms with Crippen molar-refractivity contribution in [3.8, 4) is 0 Å². The van der Waals surface area contributed by atoms with Crippen molar-refractivity contribution >= 4 is 35.4 Å². The van der Waals surface area contributed by atoms with Gasteiger partial charge in [-0.2, -0.15) is 0 Å². The molecule has 0 aliphatic carbocycles. The summed E-state index contributed by atoms with van der Waals surface area (Å²) < 4.78 is 17.5. The Kier molecular flexibility index (Phi) is 12.7. The van der Waals surface area contributed by atoms with Gasteiger partial charge in [-0.25, -0.2) is 0 Å². The van der Waals surface area contributed by atoms with Crippen molar-refractivity contribution in [2.75, 3.05) is 65.8 Å². The number of amides is 6. The van der Waals surface area contributed by atoms with E-state index in [0.717, 1.165) is 9.80 Å². The van der Waals surface area contributed by atoms with E-state index in [1.807, 2.05) is 27.7 Å². The second kappa shape index (κ2) is 17.2. The Balaban J connectivity index is 1.30. The molecule has 274 valence electrons. The van der Waals surface area contributed by atoms with Gasteiger partial charge in [0.25, 0.3) is 23.6 Å². The van der Waals surface area contributed by atoms with Gasteiger partial charge in [0.05, 0.1) is 61.9 Å². The molecule has 5 rings (SSSR count). The van der Waals surface area contributed by atoms with Crippen LogP contribution in [0.3, 0.4) is 0 Å². The molecular weight excluding hydrogens is 656 g/mol. The maximum atomic E-state index is 14.2. The minimum Gasteiger partial charge on any atom is -0.378 e. The Morgan fingerprint density at radius 2 is 0.804 bits per heavy atom. The second-order valence-electron chi connectivity index (χ2n) is 13.2. The zero-order chi connectivity index (χ0) is 36.7. The molecule has 13 heteroatoms. The molecule has 6 amide bonds. The van der Waals surface area contributed by atoms with Crippen LogP contribution in [0, 0.1) is 11.8 Å². The van der Waals surface area contributed by atoms with Gasteiger partial charge in [-0.05, 0) is 36.1 Å². The van der Waals surface area contributed by atoms with Gasteiger partial charge in [-0.1, -0.05) is 64.8 Å². The number of carbonyl (C=O) groups is 6. The smallest absolute Gasteiger partial charge is 0.262 e. The normalized spacial score (nSPS) is 20.3. The van der Waals surface area contributed by atoms with Gasteiger partial charge in [0.15, 0.2) is 0 Å². The quantitative estimate of drug-likeness (QED) is 0.379. The highest BCUT2D eigenvalue weighted by atomic mass is 16.5. The van der Waals surface area contributed by atoms with E-state index in [2.05, 4.69) is 0 Å². The Morgan fingerprint density at radius 3 is 1.08 bits per heavy atom. The van der Waals surface area contributed by atoms with E-state index in [-0.39, 0.29) is 112 Å². The van der Waals surface area contributed by atoms with Crippen LogP contribution in [-0.4, -0.2) is 133 Å². The number of fused-ring (bicyclic) bond motifs is 2. The number of ether oxygens (including phenoxy) is 3. The van der Waals surface area contributed by atoms with Crippen LogP contribution >= 0.6 is 0 Å². The SMILES string of the molecule is CCC(C)C(C(=O)N1CCOCCOCCN(C(=O)C(C(C)CC)N2C(=O)c3ccccc3C2=O)CCOCC1)N1C(=O)c2ccccc2C1=O. The number of benzene rings is 2. The summed E-state index contributed by atoms with van der Waals surface area (Å²) in [6.07, 6.45) is 1.12. The van der Waals surface area contributed by atoms with Crippen molar-refractivity contribution in [2.24, 2.45) is 11.8 Å². The number of imide groups is 2. The summed E-state index contributed by atoms with van der Waals surface area (Å²) in [5, 5.41) is 0. The molecule has 0 bridgehead atoms. The largest absolute Gasteiger partial charge is 0.378 e. The molecule has 3 aliphatic heterocycles. The van der Waals surface area contributed by atoms with Crippen molar-refractivity contribution in [1.82, 2.24) is 19.6 Å². The fourth-order valence-electron chi connectivity index (χ4n) is 6.75. The van der Waals surface area contributed by atoms with E-state index in [1.54, 1.807) is 58.3 Å². The third-order valence-electron chi connectivity index (χ3n) is 10.1. The van der Waals surface area contributed by atoms with E-state index in [4.69, 9.17) is 14.2 Å². The van der Waals surface area contributed by atoms with Gasteiger partial charge >= 0.3 is 0 Å². The topological polar surface area (TPSA) is 143 Å². The van der Waals surface area contributed by atoms with E-state index in [1.165, 1.54) is 0 Å². The zero-order valence-electron chi connectivity index (χ0n) is 29.9. The van der Waals surface area contributed by atoms with Crippen molar-refractivity contribution in [3.05, 3.63) is 70.8 Å². The van der Waals surface area contributed by atoms with Crippen LogP contribution in [0.15, 0.2) is 48.5 Å². The molecule has 4 atom stereocenters. The molecular formula is C38H48N4O9. The van der Waals surface area contributed by atoms with E-state index < -0.39 is 35.7 Å². The van der Waals surface area contributed by atoms with Crippen LogP contribution in [0.2, 0.25) is 0 Å². The Hall–Kier alpha value is -4.46. The van der Waals surface area contributed by atoms with Crippen molar-refractivity contribution < 1.29 is 43.0 Å². The summed E-state index contributed by atoms with van der Waals surface area (Å²) in [5.41, 5.74) is 1.13. The van der Waals surface area contributed by atoms with Crippen LogP contribution < -0.4 is 0 Å². The first-order chi connectivity index (χ1) is 24.6. The first-order valence-corrected chi connectivity index (χ1v) is 17.9. The predicted molar refractivity (Wildman–Crippen MR) is 186 cm³/mol. The van der Waals surface area contributed by atoms with Gasteiger partial charge in [-0.15, -0.1) is 0 Å². The standard InChI is InChI=1S/C38H48N4O9/c1-5-25(3)31(41-33(43)27-11-7-8-12-28(27)34(41)44)37(47)39-15-19-49-20-16-40(18-22-51-24-23-50-21-17-39)38(48)32(26(4)6-2)42-35(45)29-13-9-10-14-30(29)36(42)46/h7-14,25-26,31-32H,5-6,15-24H2,1-4H3.